The fourth-order valence-corrected chi connectivity index (χ4v) is 4.45. The van der Waals surface area contributed by atoms with E-state index >= 15 is 0 Å². The van der Waals surface area contributed by atoms with Crippen molar-refractivity contribution in [3.63, 3.8) is 0 Å². The number of rotatable bonds is 3. The summed E-state index contributed by atoms with van der Waals surface area (Å²) in [7, 11) is 1.90. The van der Waals surface area contributed by atoms with Crippen LogP contribution in [0.3, 0.4) is 0 Å². The molecule has 0 aromatic carbocycles. The molecule has 23 heavy (non-hydrogen) atoms. The maximum Gasteiger partial charge on any atom is 0.226 e. The number of ether oxygens (including phenoxy) is 1. The zero-order chi connectivity index (χ0) is 16.0. The standard InChI is InChI=1S/C16H20N4O2S/c1-10-3-6-23-14(10)11-7-12(11)16(21)20-4-5-22-13(8-20)15-18-17-9-19(15)2/h3,6,9,11-13H,4-5,7-8H2,1-2H3/t11-,12+,13+/m1/s1. The fourth-order valence-electron chi connectivity index (χ4n) is 3.35. The second-order valence-corrected chi connectivity index (χ2v) is 7.31. The second-order valence-electron chi connectivity index (χ2n) is 6.36. The normalized spacial score (nSPS) is 27.2. The van der Waals surface area contributed by atoms with Gasteiger partial charge in [-0.05, 0) is 30.4 Å². The van der Waals surface area contributed by atoms with Crippen LogP contribution >= 0.6 is 11.3 Å². The summed E-state index contributed by atoms with van der Waals surface area (Å²) in [5, 5.41) is 10.1. The predicted octanol–water partition coefficient (Wildman–Crippen LogP) is 1.89. The molecule has 2 aliphatic rings. The van der Waals surface area contributed by atoms with Gasteiger partial charge in [0, 0.05) is 30.3 Å². The molecule has 4 rings (SSSR count). The van der Waals surface area contributed by atoms with E-state index in [4.69, 9.17) is 4.74 Å². The Bertz CT molecular complexity index is 725. The number of aromatic nitrogens is 3. The number of thiophene rings is 1. The van der Waals surface area contributed by atoms with Crippen molar-refractivity contribution < 1.29 is 9.53 Å². The lowest BCUT2D eigenvalue weighted by molar-refractivity contribution is -0.140. The summed E-state index contributed by atoms with van der Waals surface area (Å²) in [6.07, 6.45) is 2.46. The van der Waals surface area contributed by atoms with Crippen molar-refractivity contribution in [2.75, 3.05) is 19.7 Å². The van der Waals surface area contributed by atoms with Gasteiger partial charge in [-0.2, -0.15) is 0 Å². The highest BCUT2D eigenvalue weighted by Crippen LogP contribution is 2.51. The van der Waals surface area contributed by atoms with E-state index in [0.717, 1.165) is 12.2 Å². The van der Waals surface area contributed by atoms with E-state index in [1.54, 1.807) is 17.7 Å². The van der Waals surface area contributed by atoms with Crippen molar-refractivity contribution in [2.45, 2.75) is 25.4 Å². The van der Waals surface area contributed by atoms with Crippen LogP contribution in [0.25, 0.3) is 0 Å². The minimum absolute atomic E-state index is 0.144. The number of aryl methyl sites for hydroxylation is 2. The number of carbonyl (C=O) groups excluding carboxylic acids is 1. The van der Waals surface area contributed by atoms with Crippen molar-refractivity contribution in [1.82, 2.24) is 19.7 Å². The molecule has 1 saturated carbocycles. The molecule has 3 atom stereocenters. The summed E-state index contributed by atoms with van der Waals surface area (Å²) in [6, 6.07) is 2.14. The number of hydrogen-bond acceptors (Lipinski definition) is 5. The van der Waals surface area contributed by atoms with E-state index in [9.17, 15) is 4.79 Å². The molecule has 7 heteroatoms. The van der Waals surface area contributed by atoms with Crippen LogP contribution in [-0.4, -0.2) is 45.3 Å². The molecule has 2 aromatic heterocycles. The SMILES string of the molecule is Cc1ccsc1[C@@H]1C[C@@H]1C(=O)N1CCO[C@H](c2nncn2C)C1. The van der Waals surface area contributed by atoms with E-state index in [-0.39, 0.29) is 17.9 Å². The molecule has 0 radical (unpaired) electrons. The third kappa shape index (κ3) is 2.68. The lowest BCUT2D eigenvalue weighted by atomic mass is 10.1. The zero-order valence-corrected chi connectivity index (χ0v) is 14.1. The van der Waals surface area contributed by atoms with Gasteiger partial charge < -0.3 is 14.2 Å². The summed E-state index contributed by atoms with van der Waals surface area (Å²) in [4.78, 5) is 16.1. The van der Waals surface area contributed by atoms with Crippen LogP contribution in [0.2, 0.25) is 0 Å². The van der Waals surface area contributed by atoms with Gasteiger partial charge >= 0.3 is 0 Å². The van der Waals surface area contributed by atoms with Crippen LogP contribution < -0.4 is 0 Å². The molecular weight excluding hydrogens is 312 g/mol. The third-order valence-corrected chi connectivity index (χ3v) is 5.91. The summed E-state index contributed by atoms with van der Waals surface area (Å²) in [5.74, 6) is 1.60. The van der Waals surface area contributed by atoms with Crippen LogP contribution in [-0.2, 0) is 16.6 Å². The van der Waals surface area contributed by atoms with E-state index < -0.39 is 0 Å². The quantitative estimate of drug-likeness (QED) is 0.861. The molecule has 1 aliphatic carbocycles. The molecule has 2 aromatic rings. The molecule has 6 nitrogen and oxygen atoms in total. The Morgan fingerprint density at radius 1 is 1.48 bits per heavy atom. The van der Waals surface area contributed by atoms with Crippen molar-refractivity contribution >= 4 is 17.2 Å². The number of amides is 1. The van der Waals surface area contributed by atoms with Crippen LogP contribution in [0.15, 0.2) is 17.8 Å². The molecule has 2 fully saturated rings. The van der Waals surface area contributed by atoms with Gasteiger partial charge in [-0.15, -0.1) is 21.5 Å². The van der Waals surface area contributed by atoms with E-state index in [0.29, 0.717) is 25.6 Å². The third-order valence-electron chi connectivity index (χ3n) is 4.76. The molecule has 0 bridgehead atoms. The molecular formula is C16H20N4O2S. The molecule has 0 spiro atoms. The van der Waals surface area contributed by atoms with Crippen LogP contribution in [0.4, 0.5) is 0 Å². The average Bonchev–Trinajstić information content (AvgIpc) is 3.04. The van der Waals surface area contributed by atoms with Gasteiger partial charge in [-0.3, -0.25) is 4.79 Å². The highest BCUT2D eigenvalue weighted by Gasteiger charge is 2.47. The van der Waals surface area contributed by atoms with E-state index in [1.165, 1.54) is 10.4 Å². The number of nitrogens with zero attached hydrogens (tertiary/aromatic N) is 4. The smallest absolute Gasteiger partial charge is 0.226 e. The molecule has 1 aliphatic heterocycles. The van der Waals surface area contributed by atoms with Gasteiger partial charge in [-0.1, -0.05) is 0 Å². The van der Waals surface area contributed by atoms with Gasteiger partial charge in [0.2, 0.25) is 5.91 Å². The molecule has 1 amide bonds. The first-order valence-electron chi connectivity index (χ1n) is 7.93. The molecule has 0 N–H and O–H groups in total. The molecule has 1 saturated heterocycles. The predicted molar refractivity (Wildman–Crippen MR) is 86.2 cm³/mol. The Kier molecular flexibility index (Phi) is 3.69. The Balaban J connectivity index is 1.43. The maximum atomic E-state index is 12.8. The summed E-state index contributed by atoms with van der Waals surface area (Å²) in [5.41, 5.74) is 1.31. The summed E-state index contributed by atoms with van der Waals surface area (Å²) >= 11 is 1.77. The van der Waals surface area contributed by atoms with E-state index in [2.05, 4.69) is 28.6 Å². The van der Waals surface area contributed by atoms with Crippen molar-refractivity contribution in [1.29, 1.82) is 0 Å². The second kappa shape index (κ2) is 5.72. The van der Waals surface area contributed by atoms with E-state index in [1.807, 2.05) is 16.5 Å². The zero-order valence-electron chi connectivity index (χ0n) is 13.3. The highest BCUT2D eigenvalue weighted by atomic mass is 32.1. The Labute approximate surface area is 139 Å². The van der Waals surface area contributed by atoms with Crippen LogP contribution in [0.1, 0.15) is 34.7 Å². The number of carbonyl (C=O) groups is 1. The monoisotopic (exact) mass is 332 g/mol. The van der Waals surface area contributed by atoms with Crippen LogP contribution in [0, 0.1) is 12.8 Å². The number of morpholine rings is 1. The average molecular weight is 332 g/mol. The van der Waals surface area contributed by atoms with Crippen molar-refractivity contribution in [3.8, 4) is 0 Å². The lowest BCUT2D eigenvalue weighted by Crippen LogP contribution is -2.43. The Morgan fingerprint density at radius 2 is 2.35 bits per heavy atom. The first kappa shape index (κ1) is 14.8. The first-order valence-corrected chi connectivity index (χ1v) is 8.81. The van der Waals surface area contributed by atoms with Crippen molar-refractivity contribution in [3.05, 3.63) is 34.0 Å². The van der Waals surface area contributed by atoms with Gasteiger partial charge in [0.15, 0.2) is 5.82 Å². The van der Waals surface area contributed by atoms with Gasteiger partial charge in [0.25, 0.3) is 0 Å². The maximum absolute atomic E-state index is 12.8. The van der Waals surface area contributed by atoms with Crippen LogP contribution in [0.5, 0.6) is 0 Å². The topological polar surface area (TPSA) is 60.3 Å². The minimum Gasteiger partial charge on any atom is -0.366 e. The first-order chi connectivity index (χ1) is 11.1. The Hall–Kier alpha value is -1.73. The van der Waals surface area contributed by atoms with Gasteiger partial charge in [-0.25, -0.2) is 0 Å². The molecule has 0 unspecified atom stereocenters. The molecule has 122 valence electrons. The number of hydrogen-bond donors (Lipinski definition) is 0. The molecule has 3 heterocycles. The lowest BCUT2D eigenvalue weighted by Gasteiger charge is -2.32. The van der Waals surface area contributed by atoms with Crippen molar-refractivity contribution in [2.24, 2.45) is 13.0 Å². The largest absolute Gasteiger partial charge is 0.366 e. The van der Waals surface area contributed by atoms with Gasteiger partial charge in [0.05, 0.1) is 13.2 Å². The Morgan fingerprint density at radius 3 is 3.04 bits per heavy atom. The highest BCUT2D eigenvalue weighted by molar-refractivity contribution is 7.10. The fraction of sp³-hybridized carbons (Fsp3) is 0.562. The van der Waals surface area contributed by atoms with Gasteiger partial charge in [0.1, 0.15) is 12.4 Å². The summed E-state index contributed by atoms with van der Waals surface area (Å²) in [6.45, 7) is 3.92. The summed E-state index contributed by atoms with van der Waals surface area (Å²) < 4.78 is 7.64. The minimum atomic E-state index is -0.180.